The van der Waals surface area contributed by atoms with Crippen molar-refractivity contribution in [3.8, 4) is 22.5 Å². The zero-order valence-electron chi connectivity index (χ0n) is 20.2. The molecule has 7 nitrogen and oxygen atoms in total. The number of aromatic amines is 1. The molecule has 8 heteroatoms. The number of benzene rings is 1. The SMILES string of the molecule is CC(C)(C)OC(=O)N[C@H]1CC[C@H](n2cnc(-c3ccc(F)cc3)c2-c2ccnc3[nH]ccc23)CC1. The molecule has 0 spiro atoms. The van der Waals surface area contributed by atoms with E-state index in [9.17, 15) is 9.18 Å². The van der Waals surface area contributed by atoms with Crippen LogP contribution in [0.2, 0.25) is 0 Å². The van der Waals surface area contributed by atoms with Gasteiger partial charge in [-0.25, -0.2) is 19.2 Å². The van der Waals surface area contributed by atoms with Gasteiger partial charge in [-0.05, 0) is 82.9 Å². The van der Waals surface area contributed by atoms with Crippen LogP contribution in [-0.2, 0) is 4.74 Å². The van der Waals surface area contributed by atoms with Gasteiger partial charge in [0.2, 0.25) is 0 Å². The summed E-state index contributed by atoms with van der Waals surface area (Å²) in [4.78, 5) is 24.6. The highest BCUT2D eigenvalue weighted by Crippen LogP contribution is 2.39. The number of carbonyl (C=O) groups excluding carboxylic acids is 1. The molecule has 182 valence electrons. The third-order valence-corrected chi connectivity index (χ3v) is 6.44. The van der Waals surface area contributed by atoms with Gasteiger partial charge in [-0.15, -0.1) is 0 Å². The number of amides is 1. The third-order valence-electron chi connectivity index (χ3n) is 6.44. The van der Waals surface area contributed by atoms with Gasteiger partial charge in [-0.1, -0.05) is 0 Å². The zero-order chi connectivity index (χ0) is 24.6. The van der Waals surface area contributed by atoms with Crippen LogP contribution in [0.15, 0.2) is 55.1 Å². The van der Waals surface area contributed by atoms with Crippen LogP contribution in [-0.4, -0.2) is 37.3 Å². The Morgan fingerprint density at radius 1 is 1.09 bits per heavy atom. The summed E-state index contributed by atoms with van der Waals surface area (Å²) in [5.74, 6) is -0.275. The van der Waals surface area contributed by atoms with Gasteiger partial charge in [-0.3, -0.25) is 0 Å². The molecule has 1 aliphatic rings. The van der Waals surface area contributed by atoms with Crippen LogP contribution in [0, 0.1) is 5.82 Å². The number of carbonyl (C=O) groups is 1. The molecule has 0 aliphatic heterocycles. The topological polar surface area (TPSA) is 84.8 Å². The fourth-order valence-electron chi connectivity index (χ4n) is 4.86. The summed E-state index contributed by atoms with van der Waals surface area (Å²) in [6.45, 7) is 5.59. The Balaban J connectivity index is 1.45. The summed E-state index contributed by atoms with van der Waals surface area (Å²) in [6.07, 6.45) is 8.69. The molecule has 1 aromatic carbocycles. The molecule has 3 aromatic heterocycles. The van der Waals surface area contributed by atoms with Crippen molar-refractivity contribution in [2.75, 3.05) is 0 Å². The normalized spacial score (nSPS) is 18.5. The van der Waals surface area contributed by atoms with E-state index in [4.69, 9.17) is 9.72 Å². The van der Waals surface area contributed by atoms with E-state index in [1.807, 2.05) is 45.4 Å². The van der Waals surface area contributed by atoms with E-state index < -0.39 is 5.60 Å². The van der Waals surface area contributed by atoms with Gasteiger partial charge in [0, 0.05) is 41.0 Å². The highest BCUT2D eigenvalue weighted by molar-refractivity contribution is 5.95. The maximum atomic E-state index is 13.6. The lowest BCUT2D eigenvalue weighted by molar-refractivity contribution is 0.0488. The van der Waals surface area contributed by atoms with E-state index in [-0.39, 0.29) is 24.0 Å². The summed E-state index contributed by atoms with van der Waals surface area (Å²) in [5, 5.41) is 4.03. The summed E-state index contributed by atoms with van der Waals surface area (Å²) < 4.78 is 21.3. The van der Waals surface area contributed by atoms with Crippen molar-refractivity contribution in [1.29, 1.82) is 0 Å². The summed E-state index contributed by atoms with van der Waals surface area (Å²) in [6, 6.07) is 10.8. The lowest BCUT2D eigenvalue weighted by Crippen LogP contribution is -2.41. The number of aromatic nitrogens is 4. The molecule has 0 saturated heterocycles. The van der Waals surface area contributed by atoms with E-state index in [1.165, 1.54) is 12.1 Å². The molecule has 3 heterocycles. The van der Waals surface area contributed by atoms with E-state index in [0.29, 0.717) is 0 Å². The fraction of sp³-hybridized carbons (Fsp3) is 0.370. The van der Waals surface area contributed by atoms with Crippen LogP contribution in [0.4, 0.5) is 9.18 Å². The first-order chi connectivity index (χ1) is 16.8. The van der Waals surface area contributed by atoms with Crippen molar-refractivity contribution in [3.63, 3.8) is 0 Å². The number of pyridine rings is 1. The predicted octanol–water partition coefficient (Wildman–Crippen LogP) is 6.24. The Labute approximate surface area is 203 Å². The minimum atomic E-state index is -0.516. The van der Waals surface area contributed by atoms with Crippen LogP contribution in [0.3, 0.4) is 0 Å². The lowest BCUT2D eigenvalue weighted by atomic mass is 9.90. The maximum absolute atomic E-state index is 13.6. The monoisotopic (exact) mass is 475 g/mol. The maximum Gasteiger partial charge on any atom is 0.407 e. The number of ether oxygens (including phenoxy) is 1. The van der Waals surface area contributed by atoms with Crippen molar-refractivity contribution < 1.29 is 13.9 Å². The molecule has 1 aliphatic carbocycles. The van der Waals surface area contributed by atoms with Crippen LogP contribution >= 0.6 is 0 Å². The van der Waals surface area contributed by atoms with Crippen molar-refractivity contribution in [3.05, 3.63) is 60.9 Å². The summed E-state index contributed by atoms with van der Waals surface area (Å²) in [7, 11) is 0. The van der Waals surface area contributed by atoms with E-state index in [0.717, 1.165) is 59.2 Å². The molecule has 0 atom stereocenters. The van der Waals surface area contributed by atoms with Crippen molar-refractivity contribution in [2.24, 2.45) is 0 Å². The molecule has 0 radical (unpaired) electrons. The largest absolute Gasteiger partial charge is 0.444 e. The Bertz CT molecular complexity index is 1330. The molecule has 1 amide bonds. The van der Waals surface area contributed by atoms with Crippen LogP contribution in [0.25, 0.3) is 33.5 Å². The van der Waals surface area contributed by atoms with Gasteiger partial charge in [0.1, 0.15) is 17.1 Å². The Kier molecular flexibility index (Phi) is 6.05. The number of hydrogen-bond acceptors (Lipinski definition) is 4. The predicted molar refractivity (Wildman–Crippen MR) is 133 cm³/mol. The fourth-order valence-corrected chi connectivity index (χ4v) is 4.86. The number of H-pyrrole nitrogens is 1. The van der Waals surface area contributed by atoms with Gasteiger partial charge in [-0.2, -0.15) is 0 Å². The molecule has 5 rings (SSSR count). The van der Waals surface area contributed by atoms with Crippen LogP contribution < -0.4 is 5.32 Å². The summed E-state index contributed by atoms with van der Waals surface area (Å²) >= 11 is 0. The quantitative estimate of drug-likeness (QED) is 0.366. The number of fused-ring (bicyclic) bond motifs is 1. The number of nitrogens with one attached hydrogen (secondary N) is 2. The zero-order valence-corrected chi connectivity index (χ0v) is 20.2. The Hall–Kier alpha value is -3.68. The Morgan fingerprint density at radius 3 is 2.54 bits per heavy atom. The molecule has 4 aromatic rings. The number of alkyl carbamates (subject to hydrolysis) is 1. The lowest BCUT2D eigenvalue weighted by Gasteiger charge is -2.31. The molecule has 1 saturated carbocycles. The standard InChI is InChI=1S/C27H30FN5O2/c1-27(2,3)35-26(34)32-19-8-10-20(11-9-19)33-16-31-23(17-4-6-18(28)7-5-17)24(33)21-12-14-29-25-22(21)13-15-30-25/h4-7,12-16,19-20H,8-11H2,1-3H3,(H,29,30)(H,32,34)/t19-,20-. The average Bonchev–Trinajstić information content (AvgIpc) is 3.46. The number of halogens is 1. The number of hydrogen-bond donors (Lipinski definition) is 2. The first kappa shape index (κ1) is 23.1. The molecule has 2 N–H and O–H groups in total. The molecule has 35 heavy (non-hydrogen) atoms. The number of imidazole rings is 1. The van der Waals surface area contributed by atoms with Crippen LogP contribution in [0.5, 0.6) is 0 Å². The van der Waals surface area contributed by atoms with Crippen molar-refractivity contribution in [2.45, 2.75) is 64.1 Å². The van der Waals surface area contributed by atoms with Gasteiger partial charge >= 0.3 is 6.09 Å². The first-order valence-corrected chi connectivity index (χ1v) is 12.0. The van der Waals surface area contributed by atoms with Crippen molar-refractivity contribution in [1.82, 2.24) is 24.8 Å². The minimum absolute atomic E-state index is 0.0851. The van der Waals surface area contributed by atoms with Gasteiger partial charge in [0.15, 0.2) is 0 Å². The van der Waals surface area contributed by atoms with Gasteiger partial charge < -0.3 is 19.6 Å². The van der Waals surface area contributed by atoms with Crippen molar-refractivity contribution >= 4 is 17.1 Å². The average molecular weight is 476 g/mol. The minimum Gasteiger partial charge on any atom is -0.444 e. The van der Waals surface area contributed by atoms with E-state index >= 15 is 0 Å². The van der Waals surface area contributed by atoms with E-state index in [2.05, 4.69) is 19.9 Å². The van der Waals surface area contributed by atoms with Crippen LogP contribution in [0.1, 0.15) is 52.5 Å². The number of nitrogens with zero attached hydrogens (tertiary/aromatic N) is 3. The third kappa shape index (κ3) is 4.92. The molecule has 0 unspecified atom stereocenters. The molecular formula is C27H30FN5O2. The molecular weight excluding hydrogens is 445 g/mol. The van der Waals surface area contributed by atoms with Gasteiger partial charge in [0.25, 0.3) is 0 Å². The smallest absolute Gasteiger partial charge is 0.407 e. The molecule has 1 fully saturated rings. The van der Waals surface area contributed by atoms with E-state index in [1.54, 1.807) is 18.3 Å². The second kappa shape index (κ2) is 9.17. The Morgan fingerprint density at radius 2 is 1.83 bits per heavy atom. The second-order valence-corrected chi connectivity index (χ2v) is 10.1. The van der Waals surface area contributed by atoms with Gasteiger partial charge in [0.05, 0.1) is 17.7 Å². The first-order valence-electron chi connectivity index (χ1n) is 12.0. The highest BCUT2D eigenvalue weighted by atomic mass is 19.1. The highest BCUT2D eigenvalue weighted by Gasteiger charge is 2.28. The number of rotatable bonds is 4. The summed E-state index contributed by atoms with van der Waals surface area (Å²) in [5.41, 5.74) is 3.99. The second-order valence-electron chi connectivity index (χ2n) is 10.1. The molecule has 0 bridgehead atoms.